The normalized spacial score (nSPS) is 15.0. The van der Waals surface area contributed by atoms with Crippen LogP contribution in [-0.2, 0) is 13.0 Å². The van der Waals surface area contributed by atoms with Gasteiger partial charge in [-0.15, -0.1) is 10.2 Å². The maximum Gasteiger partial charge on any atom is 0.270 e. The Morgan fingerprint density at radius 3 is 3.11 bits per heavy atom. The lowest BCUT2D eigenvalue weighted by Crippen LogP contribution is -2.08. The predicted octanol–water partition coefficient (Wildman–Crippen LogP) is 1.89. The van der Waals surface area contributed by atoms with Gasteiger partial charge in [-0.25, -0.2) is 4.98 Å². The van der Waals surface area contributed by atoms with Crippen LogP contribution in [0.3, 0.4) is 0 Å². The number of hydrogen-bond donors (Lipinski definition) is 1. The van der Waals surface area contributed by atoms with Crippen LogP contribution in [0.5, 0.6) is 0 Å². The number of aromatic amines is 1. The smallest absolute Gasteiger partial charge is 0.270 e. The Balaban J connectivity index is 1.93. The van der Waals surface area contributed by atoms with Gasteiger partial charge in [0.2, 0.25) is 0 Å². The number of aryl methyl sites for hydroxylation is 1. The van der Waals surface area contributed by atoms with E-state index >= 15 is 0 Å². The molecule has 100 valence electrons. The molecular formula is C11H12ClN5OS. The van der Waals surface area contributed by atoms with Crippen molar-refractivity contribution >= 4 is 23.4 Å². The van der Waals surface area contributed by atoms with Crippen molar-refractivity contribution in [3.8, 4) is 0 Å². The van der Waals surface area contributed by atoms with Crippen molar-refractivity contribution < 1.29 is 0 Å². The Morgan fingerprint density at radius 1 is 1.32 bits per heavy atom. The van der Waals surface area contributed by atoms with E-state index in [2.05, 4.69) is 24.7 Å². The van der Waals surface area contributed by atoms with Gasteiger partial charge in [-0.2, -0.15) is 0 Å². The number of halogens is 1. The maximum atomic E-state index is 11.4. The molecule has 8 heteroatoms. The highest BCUT2D eigenvalue weighted by molar-refractivity contribution is 7.99. The third kappa shape index (κ3) is 2.52. The van der Waals surface area contributed by atoms with Crippen molar-refractivity contribution in [2.75, 3.05) is 0 Å². The summed E-state index contributed by atoms with van der Waals surface area (Å²) >= 11 is 7.23. The van der Waals surface area contributed by atoms with Crippen molar-refractivity contribution in [3.63, 3.8) is 0 Å². The molecule has 0 unspecified atom stereocenters. The molecule has 0 bridgehead atoms. The molecule has 0 atom stereocenters. The Labute approximate surface area is 118 Å². The maximum absolute atomic E-state index is 11.4. The summed E-state index contributed by atoms with van der Waals surface area (Å²) in [7, 11) is 0. The second-order valence-electron chi connectivity index (χ2n) is 4.31. The minimum Gasteiger partial charge on any atom is -0.312 e. The fourth-order valence-corrected chi connectivity index (χ4v) is 3.13. The fourth-order valence-electron chi connectivity index (χ4n) is 2.06. The molecule has 0 saturated heterocycles. The van der Waals surface area contributed by atoms with E-state index in [1.807, 2.05) is 0 Å². The molecule has 2 aromatic rings. The summed E-state index contributed by atoms with van der Waals surface area (Å²) in [6.07, 6.45) is 5.76. The number of hydrogen-bond acceptors (Lipinski definition) is 5. The first kappa shape index (κ1) is 12.7. The van der Waals surface area contributed by atoms with Gasteiger partial charge in [0.1, 0.15) is 15.9 Å². The van der Waals surface area contributed by atoms with Crippen LogP contribution in [0.15, 0.2) is 21.3 Å². The zero-order valence-corrected chi connectivity index (χ0v) is 11.7. The van der Waals surface area contributed by atoms with Crippen molar-refractivity contribution in [3.05, 3.63) is 27.5 Å². The van der Waals surface area contributed by atoms with Gasteiger partial charge < -0.3 is 9.55 Å². The first-order valence-corrected chi connectivity index (χ1v) is 7.28. The minimum absolute atomic E-state index is 0.0958. The second kappa shape index (κ2) is 5.34. The van der Waals surface area contributed by atoms with Crippen LogP contribution in [-0.4, -0.2) is 24.7 Å². The highest BCUT2D eigenvalue weighted by atomic mass is 35.5. The molecule has 0 amide bonds. The van der Waals surface area contributed by atoms with Crippen molar-refractivity contribution in [2.45, 2.75) is 42.4 Å². The van der Waals surface area contributed by atoms with E-state index in [9.17, 15) is 4.79 Å². The summed E-state index contributed by atoms with van der Waals surface area (Å²) in [6.45, 7) is 0.908. The van der Waals surface area contributed by atoms with Gasteiger partial charge in [0.05, 0.1) is 6.33 Å². The van der Waals surface area contributed by atoms with Crippen LogP contribution in [0.1, 0.15) is 25.1 Å². The molecule has 3 heterocycles. The molecule has 2 aromatic heterocycles. The average Bonchev–Trinajstić information content (AvgIpc) is 2.63. The fraction of sp³-hybridized carbons (Fsp3) is 0.455. The van der Waals surface area contributed by atoms with Gasteiger partial charge in [-0.05, 0) is 24.6 Å². The number of aromatic nitrogens is 5. The number of H-pyrrole nitrogens is 1. The third-order valence-corrected chi connectivity index (χ3v) is 4.48. The molecule has 0 aliphatic carbocycles. The monoisotopic (exact) mass is 297 g/mol. The van der Waals surface area contributed by atoms with Gasteiger partial charge >= 0.3 is 0 Å². The topological polar surface area (TPSA) is 76.5 Å². The molecule has 3 rings (SSSR count). The van der Waals surface area contributed by atoms with E-state index < -0.39 is 0 Å². The van der Waals surface area contributed by atoms with E-state index in [0.29, 0.717) is 5.03 Å². The van der Waals surface area contributed by atoms with Crippen molar-refractivity contribution in [1.29, 1.82) is 0 Å². The highest BCUT2D eigenvalue weighted by Gasteiger charge is 2.17. The van der Waals surface area contributed by atoms with Crippen LogP contribution in [0, 0.1) is 0 Å². The van der Waals surface area contributed by atoms with E-state index in [0.717, 1.165) is 36.8 Å². The van der Waals surface area contributed by atoms with Gasteiger partial charge in [0.25, 0.3) is 5.56 Å². The molecule has 0 radical (unpaired) electrons. The SMILES string of the molecule is O=c1[nH]cnc(Sc2nnc3n2CCCCC3)c1Cl. The van der Waals surface area contributed by atoms with Crippen LogP contribution >= 0.6 is 23.4 Å². The first-order valence-electron chi connectivity index (χ1n) is 6.09. The number of nitrogens with zero attached hydrogens (tertiary/aromatic N) is 4. The van der Waals surface area contributed by atoms with Crippen LogP contribution in [0.4, 0.5) is 0 Å². The molecule has 0 saturated carbocycles. The Hall–Kier alpha value is -1.34. The van der Waals surface area contributed by atoms with Gasteiger partial charge in [-0.1, -0.05) is 18.0 Å². The van der Waals surface area contributed by atoms with Gasteiger partial charge in [-0.3, -0.25) is 4.79 Å². The summed E-state index contributed by atoms with van der Waals surface area (Å²) in [5.41, 5.74) is -0.338. The lowest BCUT2D eigenvalue weighted by Gasteiger charge is -2.06. The molecule has 0 fully saturated rings. The number of rotatable bonds is 2. The van der Waals surface area contributed by atoms with E-state index in [-0.39, 0.29) is 10.6 Å². The lowest BCUT2D eigenvalue weighted by atomic mass is 10.2. The summed E-state index contributed by atoms with van der Waals surface area (Å²) in [5, 5.41) is 9.68. The third-order valence-electron chi connectivity index (χ3n) is 3.03. The number of fused-ring (bicyclic) bond motifs is 1. The molecule has 19 heavy (non-hydrogen) atoms. The standard InChI is InChI=1S/C11H12ClN5OS/c12-8-9(18)13-6-14-10(8)19-11-16-15-7-4-2-1-3-5-17(7)11/h6H,1-5H2,(H,13,14,18). The molecular weight excluding hydrogens is 286 g/mol. The largest absolute Gasteiger partial charge is 0.312 e. The predicted molar refractivity (Wildman–Crippen MR) is 71.6 cm³/mol. The van der Waals surface area contributed by atoms with Gasteiger partial charge in [0, 0.05) is 13.0 Å². The van der Waals surface area contributed by atoms with E-state index in [4.69, 9.17) is 11.6 Å². The molecule has 0 aromatic carbocycles. The summed E-state index contributed by atoms with van der Waals surface area (Å²) in [6, 6.07) is 0. The zero-order chi connectivity index (χ0) is 13.2. The average molecular weight is 298 g/mol. The first-order chi connectivity index (χ1) is 9.25. The quantitative estimate of drug-likeness (QED) is 0.857. The van der Waals surface area contributed by atoms with Crippen LogP contribution < -0.4 is 5.56 Å². The van der Waals surface area contributed by atoms with Crippen molar-refractivity contribution in [2.24, 2.45) is 0 Å². The Bertz CT molecular complexity index is 653. The minimum atomic E-state index is -0.338. The van der Waals surface area contributed by atoms with E-state index in [1.165, 1.54) is 24.5 Å². The molecule has 1 N–H and O–H groups in total. The Morgan fingerprint density at radius 2 is 2.21 bits per heavy atom. The lowest BCUT2D eigenvalue weighted by molar-refractivity contribution is 0.590. The second-order valence-corrected chi connectivity index (χ2v) is 5.65. The van der Waals surface area contributed by atoms with Crippen LogP contribution in [0.25, 0.3) is 0 Å². The van der Waals surface area contributed by atoms with Crippen molar-refractivity contribution in [1.82, 2.24) is 24.7 Å². The molecule has 1 aliphatic rings. The van der Waals surface area contributed by atoms with E-state index in [1.54, 1.807) is 0 Å². The molecule has 1 aliphatic heterocycles. The van der Waals surface area contributed by atoms with Crippen LogP contribution in [0.2, 0.25) is 5.02 Å². The van der Waals surface area contributed by atoms with Gasteiger partial charge in [0.15, 0.2) is 5.16 Å². The summed E-state index contributed by atoms with van der Waals surface area (Å²) in [5.74, 6) is 1.00. The summed E-state index contributed by atoms with van der Waals surface area (Å²) < 4.78 is 2.09. The molecule has 6 nitrogen and oxygen atoms in total. The highest BCUT2D eigenvalue weighted by Crippen LogP contribution is 2.29. The molecule has 0 spiro atoms. The zero-order valence-electron chi connectivity index (χ0n) is 10.1. The Kier molecular flexibility index (Phi) is 3.56. The number of nitrogens with one attached hydrogen (secondary N) is 1. The summed E-state index contributed by atoms with van der Waals surface area (Å²) in [4.78, 5) is 17.9.